The van der Waals surface area contributed by atoms with Crippen molar-refractivity contribution in [2.75, 3.05) is 5.75 Å². The van der Waals surface area contributed by atoms with Crippen LogP contribution in [0, 0.1) is 34.0 Å². The van der Waals surface area contributed by atoms with E-state index in [1.165, 1.54) is 54.6 Å². The van der Waals surface area contributed by atoms with Crippen LogP contribution in [0.15, 0.2) is 66.3 Å². The molecule has 0 unspecified atom stereocenters. The van der Waals surface area contributed by atoms with Crippen LogP contribution in [0.4, 0.5) is 4.39 Å². The van der Waals surface area contributed by atoms with Gasteiger partial charge in [-0.25, -0.2) is 9.18 Å². The fraction of sp³-hybridized carbons (Fsp3) is 0.417. The van der Waals surface area contributed by atoms with Crippen molar-refractivity contribution in [1.29, 1.82) is 5.26 Å². The van der Waals surface area contributed by atoms with Crippen LogP contribution >= 0.6 is 11.8 Å². The number of fused-ring (bicyclic) bond motifs is 5. The molecule has 0 aromatic heterocycles. The van der Waals surface area contributed by atoms with Crippen LogP contribution in [0.1, 0.15) is 66.7 Å². The van der Waals surface area contributed by atoms with Crippen LogP contribution in [0.5, 0.6) is 17.2 Å². The van der Waals surface area contributed by atoms with Crippen LogP contribution in [-0.2, 0) is 14.3 Å². The molecule has 12 heteroatoms. The summed E-state index contributed by atoms with van der Waals surface area (Å²) in [6.45, 7) is 3.48. The minimum atomic E-state index is -2.12. The third kappa shape index (κ3) is 4.94. The number of hydrogen-bond donors (Lipinski definition) is 3. The lowest BCUT2D eigenvalue weighted by Crippen LogP contribution is -2.69. The molecule has 0 saturated heterocycles. The zero-order valence-corrected chi connectivity index (χ0v) is 27.2. The normalized spacial score (nSPS) is 33.4. The van der Waals surface area contributed by atoms with Crippen LogP contribution in [-0.4, -0.2) is 56.1 Å². The van der Waals surface area contributed by atoms with E-state index in [2.05, 4.69) is 0 Å². The van der Waals surface area contributed by atoms with Gasteiger partial charge < -0.3 is 25.4 Å². The van der Waals surface area contributed by atoms with E-state index in [9.17, 15) is 34.7 Å². The van der Waals surface area contributed by atoms with Crippen LogP contribution in [0.3, 0.4) is 0 Å². The summed E-state index contributed by atoms with van der Waals surface area (Å²) in [5.74, 6) is -2.95. The largest absolute Gasteiger partial charge is 0.507 e. The van der Waals surface area contributed by atoms with Crippen molar-refractivity contribution >= 4 is 34.5 Å². The van der Waals surface area contributed by atoms with Gasteiger partial charge in [0.2, 0.25) is 5.12 Å². The maximum absolute atomic E-state index is 17.6. The molecular formula is C36H35FN2O8S. The molecule has 6 rings (SSSR count). The number of benzene rings is 2. The van der Waals surface area contributed by atoms with E-state index in [0.717, 1.165) is 11.8 Å². The number of carbonyl (C=O) groups is 4. The number of primary amides is 1. The lowest BCUT2D eigenvalue weighted by Gasteiger charge is -2.62. The molecule has 3 fully saturated rings. The molecule has 250 valence electrons. The average molecular weight is 675 g/mol. The standard InChI is InChI=1S/C36H35FN2O8S/c1-33-13-11-22(40)17-21(33)5-9-27-26-12-14-35(32(45)48-16-15-38,34(26,2)19-29(42)36(27,33)37)47-31(44)20-3-6-23(7-4-20)46-24-8-10-28(41)25(18-24)30(39)43/h3-4,6-8,10-11,13,17-18,26-27,29,41-42H,5,9,12,14,16,19H2,1-2H3,(H2,39,43)/t26-,27-,29-,33-,34-,35-,36-/m0/s1. The number of esters is 1. The number of allylic oxidation sites excluding steroid dienone is 4. The average Bonchev–Trinajstić information content (AvgIpc) is 3.33. The van der Waals surface area contributed by atoms with E-state index < -0.39 is 57.0 Å². The Morgan fingerprint density at radius 2 is 1.81 bits per heavy atom. The number of ketones is 1. The predicted molar refractivity (Wildman–Crippen MR) is 173 cm³/mol. The molecule has 2 aromatic carbocycles. The number of nitrogens with two attached hydrogens (primary N) is 1. The summed E-state index contributed by atoms with van der Waals surface area (Å²) in [6, 6.07) is 11.8. The van der Waals surface area contributed by atoms with Crippen LogP contribution in [0.2, 0.25) is 0 Å². The number of nitrogens with zero attached hydrogens (tertiary/aromatic N) is 1. The maximum Gasteiger partial charge on any atom is 0.339 e. The molecule has 0 radical (unpaired) electrons. The highest BCUT2D eigenvalue weighted by Gasteiger charge is 2.75. The first-order valence-electron chi connectivity index (χ1n) is 15.7. The molecule has 4 aliphatic rings. The first-order valence-corrected chi connectivity index (χ1v) is 16.7. The topological polar surface area (TPSA) is 177 Å². The fourth-order valence-electron chi connectivity index (χ4n) is 8.75. The van der Waals surface area contributed by atoms with Gasteiger partial charge in [-0.3, -0.25) is 14.4 Å². The molecule has 48 heavy (non-hydrogen) atoms. The van der Waals surface area contributed by atoms with Gasteiger partial charge in [-0.05, 0) is 99.6 Å². The second kappa shape index (κ2) is 11.9. The number of aromatic hydroxyl groups is 1. The van der Waals surface area contributed by atoms with E-state index in [0.29, 0.717) is 30.6 Å². The molecule has 1 amide bonds. The zero-order valence-electron chi connectivity index (χ0n) is 26.4. The number of phenols is 1. The van der Waals surface area contributed by atoms with Crippen LogP contribution in [0.25, 0.3) is 0 Å². The van der Waals surface area contributed by atoms with Gasteiger partial charge in [0, 0.05) is 16.7 Å². The van der Waals surface area contributed by atoms with E-state index >= 15 is 4.39 Å². The van der Waals surface area contributed by atoms with Gasteiger partial charge in [-0.2, -0.15) is 5.26 Å². The molecule has 10 nitrogen and oxygen atoms in total. The van der Waals surface area contributed by atoms with Gasteiger partial charge in [0.15, 0.2) is 17.1 Å². The van der Waals surface area contributed by atoms with Crippen molar-refractivity contribution in [2.24, 2.45) is 28.4 Å². The quantitative estimate of drug-likeness (QED) is 0.325. The predicted octanol–water partition coefficient (Wildman–Crippen LogP) is 5.33. The molecule has 0 spiro atoms. The second-order valence-corrected chi connectivity index (χ2v) is 14.4. The van der Waals surface area contributed by atoms with Crippen molar-refractivity contribution < 1.29 is 43.3 Å². The number of aliphatic hydroxyl groups excluding tert-OH is 1. The van der Waals surface area contributed by atoms with E-state index in [1.54, 1.807) is 19.9 Å². The summed E-state index contributed by atoms with van der Waals surface area (Å²) in [5, 5.41) is 30.3. The molecule has 3 saturated carbocycles. The number of ether oxygens (including phenoxy) is 2. The van der Waals surface area contributed by atoms with Gasteiger partial charge in [0.25, 0.3) is 5.91 Å². The van der Waals surface area contributed by atoms with Crippen molar-refractivity contribution in [2.45, 2.75) is 63.3 Å². The van der Waals surface area contributed by atoms with E-state index in [1.807, 2.05) is 6.07 Å². The van der Waals surface area contributed by atoms with Crippen molar-refractivity contribution in [3.63, 3.8) is 0 Å². The maximum atomic E-state index is 17.6. The number of thioether (sulfide) groups is 1. The Kier molecular flexibility index (Phi) is 8.28. The van der Waals surface area contributed by atoms with Crippen molar-refractivity contribution in [3.05, 3.63) is 77.4 Å². The minimum Gasteiger partial charge on any atom is -0.507 e. The van der Waals surface area contributed by atoms with Crippen molar-refractivity contribution in [3.8, 4) is 23.3 Å². The summed E-state index contributed by atoms with van der Waals surface area (Å²) >= 11 is 0.738. The number of hydrogen-bond acceptors (Lipinski definition) is 10. The summed E-state index contributed by atoms with van der Waals surface area (Å²) in [5.41, 5.74) is -0.329. The molecule has 2 aromatic rings. The zero-order chi connectivity index (χ0) is 34.6. The molecule has 0 heterocycles. The third-order valence-corrected chi connectivity index (χ3v) is 12.1. The van der Waals surface area contributed by atoms with Crippen molar-refractivity contribution in [1.82, 2.24) is 0 Å². The molecular weight excluding hydrogens is 639 g/mol. The number of rotatable bonds is 7. The second-order valence-electron chi connectivity index (χ2n) is 13.4. The SMILES string of the molecule is C[C@]12C=CC(=O)C=C1CC[C@H]1[C@@H]3CC[C@](OC(=O)c4ccc(Oc5ccc(O)c(C(N)=O)c5)cc4)(C(=O)SCC#N)[C@@]3(C)C[C@H](O)[C@@]12F. The minimum absolute atomic E-state index is 0.0917. The van der Waals surface area contributed by atoms with Gasteiger partial charge in [-0.15, -0.1) is 0 Å². The van der Waals surface area contributed by atoms with Gasteiger partial charge in [0.05, 0.1) is 29.1 Å². The number of aliphatic hydroxyl groups is 1. The third-order valence-electron chi connectivity index (χ3n) is 11.2. The molecule has 7 atom stereocenters. The molecule has 4 aliphatic carbocycles. The first-order chi connectivity index (χ1) is 22.7. The number of nitriles is 1. The Hall–Kier alpha value is -4.47. The van der Waals surface area contributed by atoms with Gasteiger partial charge >= 0.3 is 5.97 Å². The number of alkyl halides is 1. The number of halogens is 1. The fourth-order valence-corrected chi connectivity index (χ4v) is 9.55. The van der Waals surface area contributed by atoms with E-state index in [4.69, 9.17) is 15.2 Å². The number of carbonyl (C=O) groups excluding carboxylic acids is 4. The Labute approximate surface area is 280 Å². The van der Waals surface area contributed by atoms with Gasteiger partial charge in [-0.1, -0.05) is 30.3 Å². The monoisotopic (exact) mass is 674 g/mol. The highest BCUT2D eigenvalue weighted by atomic mass is 32.2. The highest BCUT2D eigenvalue weighted by molar-refractivity contribution is 8.14. The molecule has 4 N–H and O–H groups in total. The van der Waals surface area contributed by atoms with E-state index in [-0.39, 0.29) is 47.0 Å². The molecule has 0 aliphatic heterocycles. The summed E-state index contributed by atoms with van der Waals surface area (Å²) < 4.78 is 29.5. The Bertz CT molecular complexity index is 1820. The summed E-state index contributed by atoms with van der Waals surface area (Å²) in [6.07, 6.45) is 3.91. The Morgan fingerprint density at radius 1 is 1.10 bits per heavy atom. The smallest absolute Gasteiger partial charge is 0.339 e. The van der Waals surface area contributed by atoms with Gasteiger partial charge in [0.1, 0.15) is 17.2 Å². The lowest BCUT2D eigenvalue weighted by atomic mass is 9.45. The lowest BCUT2D eigenvalue weighted by molar-refractivity contribution is -0.214. The summed E-state index contributed by atoms with van der Waals surface area (Å²) in [7, 11) is 0. The summed E-state index contributed by atoms with van der Waals surface area (Å²) in [4.78, 5) is 51.5. The highest BCUT2D eigenvalue weighted by Crippen LogP contribution is 2.70. The molecule has 0 bridgehead atoms. The number of amides is 1. The Balaban J connectivity index is 1.29. The Morgan fingerprint density at radius 3 is 2.50 bits per heavy atom. The van der Waals surface area contributed by atoms with Crippen LogP contribution < -0.4 is 10.5 Å². The first kappa shape index (κ1) is 33.4.